The van der Waals surface area contributed by atoms with Gasteiger partial charge in [-0.05, 0) is 101 Å². The van der Waals surface area contributed by atoms with E-state index >= 15 is 4.39 Å². The number of rotatable bonds is 9. The zero-order valence-corrected chi connectivity index (χ0v) is 27.5. The summed E-state index contributed by atoms with van der Waals surface area (Å²) in [5.74, 6) is 0.662. The molecule has 3 heteroatoms. The molecule has 0 saturated carbocycles. The van der Waals surface area contributed by atoms with Crippen molar-refractivity contribution < 1.29 is 9.13 Å². The molecule has 2 unspecified atom stereocenters. The van der Waals surface area contributed by atoms with Gasteiger partial charge in [0.15, 0.2) is 0 Å². The van der Waals surface area contributed by atoms with E-state index in [0.29, 0.717) is 12.0 Å². The lowest BCUT2D eigenvalue weighted by Crippen LogP contribution is -2.29. The zero-order valence-electron chi connectivity index (χ0n) is 27.5. The lowest BCUT2D eigenvalue weighted by molar-refractivity contribution is 0.413. The van der Waals surface area contributed by atoms with E-state index in [4.69, 9.17) is 4.74 Å². The summed E-state index contributed by atoms with van der Waals surface area (Å²) in [5, 5.41) is 2.40. The van der Waals surface area contributed by atoms with Crippen molar-refractivity contribution in [3.63, 3.8) is 0 Å². The Kier molecular flexibility index (Phi) is 8.44. The highest BCUT2D eigenvalue weighted by Crippen LogP contribution is 2.50. The summed E-state index contributed by atoms with van der Waals surface area (Å²) in [5.41, 5.74) is 8.02. The van der Waals surface area contributed by atoms with Gasteiger partial charge in [-0.25, -0.2) is 4.39 Å². The summed E-state index contributed by atoms with van der Waals surface area (Å²) in [7, 11) is 3.85. The normalized spacial score (nSPS) is 18.2. The SMILES string of the molecule is C=C(/C=C/C=C1/N(C)c2ccc(OC)cc2C1(C)Cc1ccccc1)C(C)(Cc1ccccc1F)c1ccc2ccccc2c1C. The van der Waals surface area contributed by atoms with Crippen molar-refractivity contribution in [2.24, 2.45) is 0 Å². The van der Waals surface area contributed by atoms with Gasteiger partial charge < -0.3 is 9.64 Å². The largest absolute Gasteiger partial charge is 0.497 e. The Morgan fingerprint density at radius 3 is 2.41 bits per heavy atom. The van der Waals surface area contributed by atoms with E-state index in [1.165, 1.54) is 38.8 Å². The minimum absolute atomic E-state index is 0.191. The van der Waals surface area contributed by atoms with E-state index in [9.17, 15) is 0 Å². The van der Waals surface area contributed by atoms with Crippen molar-refractivity contribution >= 4 is 16.5 Å². The van der Waals surface area contributed by atoms with Crippen LogP contribution < -0.4 is 9.64 Å². The number of benzene rings is 5. The van der Waals surface area contributed by atoms with Gasteiger partial charge in [-0.2, -0.15) is 0 Å². The summed E-state index contributed by atoms with van der Waals surface area (Å²) in [4.78, 5) is 2.29. The Morgan fingerprint density at radius 1 is 0.935 bits per heavy atom. The second kappa shape index (κ2) is 12.5. The highest BCUT2D eigenvalue weighted by Gasteiger charge is 2.42. The number of hydrogen-bond acceptors (Lipinski definition) is 2. The van der Waals surface area contributed by atoms with E-state index in [1.54, 1.807) is 19.2 Å². The molecule has 0 aromatic heterocycles. The monoisotopic (exact) mass is 607 g/mol. The fourth-order valence-electron chi connectivity index (χ4n) is 7.37. The van der Waals surface area contributed by atoms with Crippen molar-refractivity contribution in [3.05, 3.63) is 179 Å². The lowest BCUT2D eigenvalue weighted by atomic mass is 9.70. The van der Waals surface area contributed by atoms with Crippen molar-refractivity contribution in [2.75, 3.05) is 19.1 Å². The van der Waals surface area contributed by atoms with E-state index in [0.717, 1.165) is 23.3 Å². The number of ether oxygens (including phenoxy) is 1. The standard InChI is InChI=1S/C43H42FNO/c1-30(42(3,29-34-19-11-13-21-39(34)44)37-25-23-33-18-10-12-20-36(33)31(37)2)15-14-22-41-43(4,28-32-16-8-7-9-17-32)38-27-35(46-6)24-26-40(38)45(41)5/h7-27H,1,28-29H2,2-6H3/b15-14+,41-22+. The van der Waals surface area contributed by atoms with Crippen LogP contribution in [0.5, 0.6) is 5.75 Å². The molecule has 0 N–H and O–H groups in total. The van der Waals surface area contributed by atoms with Crippen molar-refractivity contribution in [3.8, 4) is 5.75 Å². The van der Waals surface area contributed by atoms with E-state index < -0.39 is 5.41 Å². The van der Waals surface area contributed by atoms with Gasteiger partial charge in [0.25, 0.3) is 0 Å². The molecule has 0 amide bonds. The van der Waals surface area contributed by atoms with Crippen LogP contribution in [-0.2, 0) is 23.7 Å². The number of halogens is 1. The van der Waals surface area contributed by atoms with Gasteiger partial charge in [0.05, 0.1) is 7.11 Å². The second-order valence-electron chi connectivity index (χ2n) is 12.9. The second-order valence-corrected chi connectivity index (χ2v) is 12.9. The first-order valence-electron chi connectivity index (χ1n) is 15.9. The van der Waals surface area contributed by atoms with Gasteiger partial charge >= 0.3 is 0 Å². The molecule has 0 aliphatic carbocycles. The van der Waals surface area contributed by atoms with Crippen molar-refractivity contribution in [1.29, 1.82) is 0 Å². The topological polar surface area (TPSA) is 12.5 Å². The highest BCUT2D eigenvalue weighted by atomic mass is 19.1. The number of aryl methyl sites for hydroxylation is 1. The predicted octanol–water partition coefficient (Wildman–Crippen LogP) is 10.4. The molecule has 0 radical (unpaired) electrons. The lowest BCUT2D eigenvalue weighted by Gasteiger charge is -2.34. The molecule has 2 atom stereocenters. The molecule has 1 aliphatic rings. The molecule has 2 nitrogen and oxygen atoms in total. The molecule has 46 heavy (non-hydrogen) atoms. The van der Waals surface area contributed by atoms with Crippen molar-refractivity contribution in [2.45, 2.75) is 44.4 Å². The van der Waals surface area contributed by atoms with E-state index in [-0.39, 0.29) is 11.2 Å². The summed E-state index contributed by atoms with van der Waals surface area (Å²) >= 11 is 0. The Morgan fingerprint density at radius 2 is 1.65 bits per heavy atom. The molecule has 232 valence electrons. The molecular weight excluding hydrogens is 565 g/mol. The summed E-state index contributed by atoms with van der Waals surface area (Å²) in [6, 6.07) is 36.9. The summed E-state index contributed by atoms with van der Waals surface area (Å²) < 4.78 is 20.8. The highest BCUT2D eigenvalue weighted by molar-refractivity contribution is 5.87. The fraction of sp³-hybridized carbons (Fsp3) is 0.209. The minimum atomic E-state index is -0.545. The first kappa shape index (κ1) is 31.1. The first-order chi connectivity index (χ1) is 22.2. The van der Waals surface area contributed by atoms with Gasteiger partial charge in [-0.1, -0.05) is 111 Å². The Bertz CT molecular complexity index is 1970. The predicted molar refractivity (Wildman–Crippen MR) is 191 cm³/mol. The van der Waals surface area contributed by atoms with E-state index in [1.807, 2.05) is 18.2 Å². The molecule has 0 spiro atoms. The smallest absolute Gasteiger partial charge is 0.126 e. The van der Waals surface area contributed by atoms with Gasteiger partial charge in [0.1, 0.15) is 11.6 Å². The average molecular weight is 608 g/mol. The van der Waals surface area contributed by atoms with Crippen LogP contribution in [0, 0.1) is 12.7 Å². The van der Waals surface area contributed by atoms with Crippen LogP contribution in [0.1, 0.15) is 41.7 Å². The molecule has 5 aromatic rings. The number of fused-ring (bicyclic) bond motifs is 2. The van der Waals surface area contributed by atoms with Crippen LogP contribution in [0.3, 0.4) is 0 Å². The molecular formula is C43H42FNO. The number of methoxy groups -OCH3 is 1. The van der Waals surface area contributed by atoms with Crippen LogP contribution in [0.4, 0.5) is 10.1 Å². The molecule has 6 rings (SSSR count). The van der Waals surface area contributed by atoms with Gasteiger partial charge in [-0.3, -0.25) is 0 Å². The van der Waals surface area contributed by atoms with Crippen LogP contribution >= 0.6 is 0 Å². The maximum absolute atomic E-state index is 15.1. The van der Waals surface area contributed by atoms with E-state index in [2.05, 4.69) is 136 Å². The molecule has 1 heterocycles. The third kappa shape index (κ3) is 5.56. The zero-order chi connectivity index (χ0) is 32.5. The third-order valence-electron chi connectivity index (χ3n) is 10.0. The fourth-order valence-corrected chi connectivity index (χ4v) is 7.37. The summed E-state index contributed by atoms with van der Waals surface area (Å²) in [6.45, 7) is 11.3. The van der Waals surface area contributed by atoms with Gasteiger partial charge in [-0.15, -0.1) is 0 Å². The average Bonchev–Trinajstić information content (AvgIpc) is 3.27. The van der Waals surface area contributed by atoms with Gasteiger partial charge in [0, 0.05) is 29.3 Å². The molecule has 0 fully saturated rings. The maximum Gasteiger partial charge on any atom is 0.126 e. The number of likely N-dealkylation sites (N-methyl/N-ethyl adjacent to an activating group) is 1. The number of hydrogen-bond donors (Lipinski definition) is 0. The Labute approximate surface area is 273 Å². The molecule has 5 aromatic carbocycles. The molecule has 0 bridgehead atoms. The van der Waals surface area contributed by atoms with Crippen LogP contribution in [0.25, 0.3) is 10.8 Å². The maximum atomic E-state index is 15.1. The quantitative estimate of drug-likeness (QED) is 0.155. The number of anilines is 1. The Balaban J connectivity index is 1.42. The summed E-state index contributed by atoms with van der Waals surface area (Å²) in [6.07, 6.45) is 7.80. The minimum Gasteiger partial charge on any atom is -0.497 e. The third-order valence-corrected chi connectivity index (χ3v) is 10.0. The first-order valence-corrected chi connectivity index (χ1v) is 15.9. The van der Waals surface area contributed by atoms with Crippen LogP contribution in [0.15, 0.2) is 145 Å². The van der Waals surface area contributed by atoms with Crippen molar-refractivity contribution in [1.82, 2.24) is 0 Å². The van der Waals surface area contributed by atoms with Crippen LogP contribution in [0.2, 0.25) is 0 Å². The molecule has 0 saturated heterocycles. The van der Waals surface area contributed by atoms with Gasteiger partial charge in [0.2, 0.25) is 0 Å². The number of allylic oxidation sites excluding steroid dienone is 5. The van der Waals surface area contributed by atoms with Crippen LogP contribution in [-0.4, -0.2) is 14.2 Å². The number of nitrogens with zero attached hydrogens (tertiary/aromatic N) is 1. The Hall–Kier alpha value is -4.89. The molecule has 1 aliphatic heterocycles.